The van der Waals surface area contributed by atoms with Gasteiger partial charge < -0.3 is 70.0 Å². The van der Waals surface area contributed by atoms with E-state index in [0.29, 0.717) is 44.9 Å². The molecule has 5 fully saturated rings. The summed E-state index contributed by atoms with van der Waals surface area (Å²) in [6, 6.07) is 0. The Morgan fingerprint density at radius 1 is 0.982 bits per heavy atom. The van der Waals surface area contributed by atoms with Gasteiger partial charge in [0.2, 0.25) is 12.0 Å². The predicted octanol–water partition coefficient (Wildman–Crippen LogP) is 2.92. The molecule has 6 aliphatic rings. The van der Waals surface area contributed by atoms with Gasteiger partial charge in [0.1, 0.15) is 18.0 Å². The van der Waals surface area contributed by atoms with Crippen LogP contribution in [0.3, 0.4) is 0 Å². The van der Waals surface area contributed by atoms with Crippen molar-refractivity contribution in [3.8, 4) is 0 Å². The molecule has 4 unspecified atom stereocenters. The molecular weight excluding hydrogens is 732 g/mol. The second-order valence-electron chi connectivity index (χ2n) is 19.5. The van der Waals surface area contributed by atoms with Crippen LogP contribution in [0, 0.1) is 39.9 Å². The summed E-state index contributed by atoms with van der Waals surface area (Å²) in [6.45, 7) is 12.8. The third kappa shape index (κ3) is 6.79. The Kier molecular flexibility index (Phi) is 11.6. The van der Waals surface area contributed by atoms with Gasteiger partial charge in [0.25, 0.3) is 6.29 Å². The first-order valence-electron chi connectivity index (χ1n) is 20.4. The summed E-state index contributed by atoms with van der Waals surface area (Å²) in [7, 11) is 0. The van der Waals surface area contributed by atoms with Crippen LogP contribution in [0.4, 0.5) is 0 Å². The lowest BCUT2D eigenvalue weighted by molar-refractivity contribution is -0.315. The number of carbonyl (C=O) groups excluding carboxylic acids is 1. The number of ketones is 1. The molecule has 2 heterocycles. The highest BCUT2D eigenvalue weighted by Gasteiger charge is 2.76. The summed E-state index contributed by atoms with van der Waals surface area (Å²) in [5.74, 6) is -5.49. The largest absolute Gasteiger partial charge is 0.506 e. The molecule has 6 rings (SSSR count). The van der Waals surface area contributed by atoms with Gasteiger partial charge in [-0.3, -0.25) is 4.79 Å². The van der Waals surface area contributed by atoms with Gasteiger partial charge in [-0.1, -0.05) is 27.7 Å². The number of ether oxygens (including phenoxy) is 4. The molecule has 0 amide bonds. The molecule has 56 heavy (non-hydrogen) atoms. The minimum atomic E-state index is -2.46. The van der Waals surface area contributed by atoms with Gasteiger partial charge in [-0.25, -0.2) is 0 Å². The zero-order chi connectivity index (χ0) is 41.6. The standard InChI is InChI=1S/C41H66O15/c1-36(2)26(46)9-13-38(5)25-18-23(45)28-20(40(7)14-10-27(56-40)37(3,4)52)8-15-41(28)39(25,6)19-24(33(36)38)54-35(51)32(30(48)22(44)12-17-53-41)55-34(50)31(49)29(47)21(43)11-16-42/h20-25,27-28,33-35,42-45,47-52H,8-19H2,1-7H3/b31-29-,32-30-/t20?,21-,22-,23+,24-,25?,27+,28?,33?,34+,35+,38+,39+,40-,41-/m0/s1. The maximum absolute atomic E-state index is 13.7. The van der Waals surface area contributed by atoms with E-state index in [1.807, 2.05) is 13.8 Å². The van der Waals surface area contributed by atoms with Gasteiger partial charge in [0, 0.05) is 48.5 Å². The van der Waals surface area contributed by atoms with E-state index in [-0.39, 0.29) is 43.5 Å². The maximum atomic E-state index is 13.7. The molecule has 4 aliphatic carbocycles. The van der Waals surface area contributed by atoms with Crippen LogP contribution in [0.25, 0.3) is 0 Å². The summed E-state index contributed by atoms with van der Waals surface area (Å²) < 4.78 is 25.7. The number of rotatable bonds is 8. The van der Waals surface area contributed by atoms with E-state index in [1.165, 1.54) is 0 Å². The van der Waals surface area contributed by atoms with Crippen molar-refractivity contribution in [2.75, 3.05) is 13.2 Å². The van der Waals surface area contributed by atoms with Gasteiger partial charge in [-0.15, -0.1) is 0 Å². The zero-order valence-corrected chi connectivity index (χ0v) is 33.8. The lowest BCUT2D eigenvalue weighted by atomic mass is 9.36. The highest BCUT2D eigenvalue weighted by atomic mass is 16.7. The summed E-state index contributed by atoms with van der Waals surface area (Å²) in [5, 5.41) is 109. The van der Waals surface area contributed by atoms with Crippen LogP contribution in [0.15, 0.2) is 23.0 Å². The van der Waals surface area contributed by atoms with E-state index in [2.05, 4.69) is 20.8 Å². The topological polar surface area (TPSA) is 256 Å². The van der Waals surface area contributed by atoms with Gasteiger partial charge >= 0.3 is 0 Å². The Morgan fingerprint density at radius 2 is 1.66 bits per heavy atom. The Morgan fingerprint density at radius 3 is 2.29 bits per heavy atom. The molecule has 0 aromatic carbocycles. The Labute approximate surface area is 328 Å². The van der Waals surface area contributed by atoms with Crippen LogP contribution in [0.5, 0.6) is 0 Å². The van der Waals surface area contributed by atoms with Crippen molar-refractivity contribution in [1.82, 2.24) is 0 Å². The number of aliphatic hydroxyl groups is 10. The van der Waals surface area contributed by atoms with Crippen LogP contribution in [0.1, 0.15) is 113 Å². The number of fused-ring (bicyclic) bond motifs is 4. The van der Waals surface area contributed by atoms with Crippen molar-refractivity contribution in [2.24, 2.45) is 39.9 Å². The fourth-order valence-electron chi connectivity index (χ4n) is 12.9. The van der Waals surface area contributed by atoms with Crippen LogP contribution < -0.4 is 0 Å². The number of Topliss-reactive ketones (excluding diaryl/α,β-unsaturated/α-hetero) is 1. The Hall–Kier alpha value is -2.05. The van der Waals surface area contributed by atoms with Crippen LogP contribution >= 0.6 is 0 Å². The van der Waals surface area contributed by atoms with Crippen LogP contribution in [0.2, 0.25) is 0 Å². The zero-order valence-electron chi connectivity index (χ0n) is 33.8. The molecule has 320 valence electrons. The van der Waals surface area contributed by atoms with Crippen molar-refractivity contribution in [3.63, 3.8) is 0 Å². The van der Waals surface area contributed by atoms with Crippen molar-refractivity contribution in [3.05, 3.63) is 23.0 Å². The smallest absolute Gasteiger partial charge is 0.259 e. The molecule has 0 aromatic heterocycles. The van der Waals surface area contributed by atoms with E-state index in [9.17, 15) is 50.8 Å². The van der Waals surface area contributed by atoms with Crippen molar-refractivity contribution < 1.29 is 74.8 Å². The Bertz CT molecular complexity index is 1550. The molecule has 15 nitrogen and oxygen atoms in total. The van der Waals surface area contributed by atoms with Crippen molar-refractivity contribution in [2.45, 2.75) is 173 Å². The lowest BCUT2D eigenvalue weighted by Gasteiger charge is -2.71. The molecule has 10 N–H and O–H groups in total. The first-order valence-corrected chi connectivity index (χ1v) is 20.4. The minimum absolute atomic E-state index is 0.00857. The predicted molar refractivity (Wildman–Crippen MR) is 198 cm³/mol. The number of hydrogen-bond acceptors (Lipinski definition) is 15. The van der Waals surface area contributed by atoms with Crippen molar-refractivity contribution >= 4 is 5.78 Å². The summed E-state index contributed by atoms with van der Waals surface area (Å²) in [5.41, 5.74) is -5.09. The number of carbonyl (C=O) groups is 1. The average molecular weight is 799 g/mol. The van der Waals surface area contributed by atoms with Gasteiger partial charge in [0.15, 0.2) is 17.3 Å². The highest BCUT2D eigenvalue weighted by Crippen LogP contribution is 2.74. The molecule has 15 atom stereocenters. The quantitative estimate of drug-likeness (QED) is 0.125. The summed E-state index contributed by atoms with van der Waals surface area (Å²) in [4.78, 5) is 13.7. The third-order valence-corrected chi connectivity index (χ3v) is 15.5. The van der Waals surface area contributed by atoms with E-state index < -0.39 is 118 Å². The van der Waals surface area contributed by atoms with Gasteiger partial charge in [-0.05, 0) is 83.0 Å². The van der Waals surface area contributed by atoms with Crippen molar-refractivity contribution in [1.29, 1.82) is 0 Å². The summed E-state index contributed by atoms with van der Waals surface area (Å²) in [6.07, 6.45) is -6.91. The van der Waals surface area contributed by atoms with E-state index >= 15 is 0 Å². The second kappa shape index (κ2) is 14.9. The molecule has 1 spiro atoms. The van der Waals surface area contributed by atoms with Crippen LogP contribution in [-0.2, 0) is 23.7 Å². The second-order valence-corrected chi connectivity index (χ2v) is 19.5. The monoisotopic (exact) mass is 798 g/mol. The molecule has 0 radical (unpaired) electrons. The number of hydrogen-bond donors (Lipinski definition) is 10. The first kappa shape index (κ1) is 43.5. The minimum Gasteiger partial charge on any atom is -0.506 e. The molecule has 2 bridgehead atoms. The highest BCUT2D eigenvalue weighted by molar-refractivity contribution is 5.85. The molecule has 15 heteroatoms. The first-order chi connectivity index (χ1) is 25.9. The lowest BCUT2D eigenvalue weighted by Crippen LogP contribution is -2.73. The molecular formula is C41H66O15. The fourth-order valence-corrected chi connectivity index (χ4v) is 12.9. The third-order valence-electron chi connectivity index (χ3n) is 15.5. The summed E-state index contributed by atoms with van der Waals surface area (Å²) >= 11 is 0. The Balaban J connectivity index is 1.46. The van der Waals surface area contributed by atoms with Crippen LogP contribution in [-0.4, -0.2) is 130 Å². The number of aliphatic hydroxyl groups excluding tert-OH is 9. The SMILES string of the molecule is CC1(C)C(=O)CC[C@@]2(C)C1[C@@H]1C[C@]3(C)C2C[C@@H](O)C2C([C@]4(C)CC[C@H](C(C)(C)O)O4)CC[C@]23OCC[C@H](O)/C(O)=C(/O[C@@H](O)/C(O)=C(/O)[C@@H](O)CCO)[C@H](O)O1. The normalized spacial score (nSPS) is 47.1. The maximum Gasteiger partial charge on any atom is 0.259 e. The fraction of sp³-hybridized carbons (Fsp3) is 0.878. The van der Waals surface area contributed by atoms with E-state index in [0.717, 1.165) is 0 Å². The molecule has 2 aliphatic heterocycles. The average Bonchev–Trinajstić information content (AvgIpc) is 3.72. The van der Waals surface area contributed by atoms with E-state index in [1.54, 1.807) is 13.8 Å². The van der Waals surface area contributed by atoms with E-state index in [4.69, 9.17) is 24.1 Å². The molecule has 1 saturated heterocycles. The molecule has 0 aromatic rings. The van der Waals surface area contributed by atoms with Gasteiger partial charge in [-0.2, -0.15) is 0 Å². The molecule has 4 saturated carbocycles. The van der Waals surface area contributed by atoms with Gasteiger partial charge in [0.05, 0.1) is 41.7 Å².